The smallest absolute Gasteiger partial charge is 0.133 e. The number of hydrogen-bond acceptors (Lipinski definition) is 1. The van der Waals surface area contributed by atoms with Crippen molar-refractivity contribution in [3.8, 4) is 0 Å². The normalized spacial score (nSPS) is 40.3. The number of ketones is 1. The predicted octanol–water partition coefficient (Wildman–Crippen LogP) is 4.56. The SMILES string of the molecule is CC(=O)C1CC2CC1C(C(C)(C)C)C2C(C)(C)C. The first-order chi connectivity index (χ1) is 8.03. The molecule has 0 radical (unpaired) electrons. The maximum Gasteiger partial charge on any atom is 0.133 e. The monoisotopic (exact) mass is 250 g/mol. The van der Waals surface area contributed by atoms with Gasteiger partial charge in [-0.2, -0.15) is 0 Å². The molecule has 2 rings (SSSR count). The molecule has 1 nitrogen and oxygen atoms in total. The van der Waals surface area contributed by atoms with Gasteiger partial charge in [-0.05, 0) is 54.3 Å². The van der Waals surface area contributed by atoms with E-state index < -0.39 is 0 Å². The highest BCUT2D eigenvalue weighted by Crippen LogP contribution is 2.64. The van der Waals surface area contributed by atoms with Crippen LogP contribution in [0.4, 0.5) is 0 Å². The molecule has 0 heterocycles. The van der Waals surface area contributed by atoms with E-state index >= 15 is 0 Å². The maximum absolute atomic E-state index is 11.9. The number of rotatable bonds is 1. The molecule has 0 saturated heterocycles. The van der Waals surface area contributed by atoms with Gasteiger partial charge >= 0.3 is 0 Å². The molecular formula is C17H30O. The van der Waals surface area contributed by atoms with Crippen LogP contribution in [0.3, 0.4) is 0 Å². The summed E-state index contributed by atoms with van der Waals surface area (Å²) in [6.45, 7) is 16.1. The third-order valence-electron chi connectivity index (χ3n) is 5.53. The van der Waals surface area contributed by atoms with Crippen LogP contribution in [-0.2, 0) is 4.79 Å². The summed E-state index contributed by atoms with van der Waals surface area (Å²) in [7, 11) is 0. The molecular weight excluding hydrogens is 220 g/mol. The lowest BCUT2D eigenvalue weighted by molar-refractivity contribution is -0.125. The summed E-state index contributed by atoms with van der Waals surface area (Å²) in [5.41, 5.74) is 0.699. The molecule has 1 heteroatoms. The number of carbonyl (C=O) groups is 1. The largest absolute Gasteiger partial charge is 0.300 e. The van der Waals surface area contributed by atoms with Gasteiger partial charge in [-0.15, -0.1) is 0 Å². The van der Waals surface area contributed by atoms with Gasteiger partial charge in [0.2, 0.25) is 0 Å². The molecule has 0 amide bonds. The number of Topliss-reactive ketones (excluding diaryl/α,β-unsaturated/α-hetero) is 1. The van der Waals surface area contributed by atoms with Gasteiger partial charge in [0.05, 0.1) is 0 Å². The van der Waals surface area contributed by atoms with E-state index in [0.717, 1.165) is 18.3 Å². The Balaban J connectivity index is 2.35. The second kappa shape index (κ2) is 4.08. The molecule has 18 heavy (non-hydrogen) atoms. The topological polar surface area (TPSA) is 17.1 Å². The summed E-state index contributed by atoms with van der Waals surface area (Å²) in [5.74, 6) is 3.73. The lowest BCUT2D eigenvalue weighted by Crippen LogP contribution is -2.43. The number of fused-ring (bicyclic) bond motifs is 2. The van der Waals surface area contributed by atoms with E-state index in [0.29, 0.717) is 34.4 Å². The van der Waals surface area contributed by atoms with Crippen LogP contribution >= 0.6 is 0 Å². The molecule has 0 aromatic heterocycles. The van der Waals surface area contributed by atoms with Crippen molar-refractivity contribution in [1.29, 1.82) is 0 Å². The molecule has 2 fully saturated rings. The zero-order valence-electron chi connectivity index (χ0n) is 13.2. The Bertz CT molecular complexity index is 342. The predicted molar refractivity (Wildman–Crippen MR) is 76.3 cm³/mol. The Morgan fingerprint density at radius 1 is 0.889 bits per heavy atom. The van der Waals surface area contributed by atoms with Crippen LogP contribution in [0.15, 0.2) is 0 Å². The van der Waals surface area contributed by atoms with Crippen LogP contribution in [0.2, 0.25) is 0 Å². The van der Waals surface area contributed by atoms with Crippen molar-refractivity contribution < 1.29 is 4.79 Å². The molecule has 5 unspecified atom stereocenters. The Hall–Kier alpha value is -0.330. The van der Waals surface area contributed by atoms with E-state index in [9.17, 15) is 4.79 Å². The standard InChI is InChI=1S/C17H30O/c1-10(18)12-8-11-9-13(12)15(17(5,6)7)14(11)16(2,3)4/h11-15H,8-9H2,1-7H3. The lowest BCUT2D eigenvalue weighted by Gasteiger charge is -2.48. The lowest BCUT2D eigenvalue weighted by atomic mass is 9.56. The highest BCUT2D eigenvalue weighted by atomic mass is 16.1. The molecule has 2 aliphatic rings. The third-order valence-corrected chi connectivity index (χ3v) is 5.53. The second-order valence-electron chi connectivity index (χ2n) is 8.90. The fourth-order valence-corrected chi connectivity index (χ4v) is 5.25. The van der Waals surface area contributed by atoms with Gasteiger partial charge in [-0.3, -0.25) is 4.79 Å². The first kappa shape index (κ1) is 14.1. The fraction of sp³-hybridized carbons (Fsp3) is 0.941. The van der Waals surface area contributed by atoms with Crippen LogP contribution in [0.25, 0.3) is 0 Å². The fourth-order valence-electron chi connectivity index (χ4n) is 5.25. The minimum atomic E-state index is 0.325. The zero-order chi connectivity index (χ0) is 13.9. The molecule has 0 aromatic rings. The molecule has 2 saturated carbocycles. The zero-order valence-corrected chi connectivity index (χ0v) is 13.2. The quantitative estimate of drug-likeness (QED) is 0.667. The van der Waals surface area contributed by atoms with Crippen molar-refractivity contribution in [1.82, 2.24) is 0 Å². The first-order valence-electron chi connectivity index (χ1n) is 7.54. The van der Waals surface area contributed by atoms with Gasteiger partial charge in [0, 0.05) is 5.92 Å². The van der Waals surface area contributed by atoms with Crippen molar-refractivity contribution in [3.63, 3.8) is 0 Å². The molecule has 104 valence electrons. The van der Waals surface area contributed by atoms with Gasteiger partial charge in [0.15, 0.2) is 0 Å². The summed E-state index contributed by atoms with van der Waals surface area (Å²) in [5, 5.41) is 0. The minimum absolute atomic E-state index is 0.325. The Morgan fingerprint density at radius 3 is 1.78 bits per heavy atom. The highest BCUT2D eigenvalue weighted by Gasteiger charge is 2.59. The summed E-state index contributed by atoms with van der Waals surface area (Å²) >= 11 is 0. The van der Waals surface area contributed by atoms with Gasteiger partial charge in [0.25, 0.3) is 0 Å². The van der Waals surface area contributed by atoms with Crippen LogP contribution in [-0.4, -0.2) is 5.78 Å². The van der Waals surface area contributed by atoms with Crippen molar-refractivity contribution in [2.24, 2.45) is 40.4 Å². The minimum Gasteiger partial charge on any atom is -0.300 e. The van der Waals surface area contributed by atoms with Crippen molar-refractivity contribution in [2.45, 2.75) is 61.3 Å². The maximum atomic E-state index is 11.9. The molecule has 5 atom stereocenters. The number of carbonyl (C=O) groups excluding carboxylic acids is 1. The average molecular weight is 250 g/mol. The van der Waals surface area contributed by atoms with Crippen LogP contribution < -0.4 is 0 Å². The second-order valence-corrected chi connectivity index (χ2v) is 8.90. The van der Waals surface area contributed by atoms with E-state index in [1.807, 2.05) is 0 Å². The number of hydrogen-bond donors (Lipinski definition) is 0. The highest BCUT2D eigenvalue weighted by molar-refractivity contribution is 5.79. The van der Waals surface area contributed by atoms with Gasteiger partial charge in [-0.1, -0.05) is 41.5 Å². The van der Waals surface area contributed by atoms with E-state index in [1.165, 1.54) is 6.42 Å². The van der Waals surface area contributed by atoms with Crippen LogP contribution in [0.5, 0.6) is 0 Å². The Kier molecular flexibility index (Phi) is 3.19. The van der Waals surface area contributed by atoms with E-state index in [-0.39, 0.29) is 0 Å². The van der Waals surface area contributed by atoms with E-state index in [2.05, 4.69) is 41.5 Å². The molecule has 0 spiro atoms. The van der Waals surface area contributed by atoms with E-state index in [4.69, 9.17) is 0 Å². The van der Waals surface area contributed by atoms with Gasteiger partial charge < -0.3 is 0 Å². The summed E-state index contributed by atoms with van der Waals surface area (Å²) in [6, 6.07) is 0. The third kappa shape index (κ3) is 2.14. The Morgan fingerprint density at radius 2 is 1.39 bits per heavy atom. The first-order valence-corrected chi connectivity index (χ1v) is 7.54. The van der Waals surface area contributed by atoms with Crippen molar-refractivity contribution in [2.75, 3.05) is 0 Å². The summed E-state index contributed by atoms with van der Waals surface area (Å²) in [4.78, 5) is 11.9. The van der Waals surface area contributed by atoms with Crippen LogP contribution in [0.1, 0.15) is 61.3 Å². The molecule has 2 aliphatic carbocycles. The van der Waals surface area contributed by atoms with Crippen molar-refractivity contribution >= 4 is 5.78 Å². The average Bonchev–Trinajstić information content (AvgIpc) is 2.69. The van der Waals surface area contributed by atoms with Gasteiger partial charge in [0.1, 0.15) is 5.78 Å². The molecule has 2 bridgehead atoms. The van der Waals surface area contributed by atoms with Gasteiger partial charge in [-0.25, -0.2) is 0 Å². The van der Waals surface area contributed by atoms with Crippen LogP contribution in [0, 0.1) is 40.4 Å². The Labute approximate surface area is 113 Å². The molecule has 0 N–H and O–H groups in total. The molecule has 0 aliphatic heterocycles. The van der Waals surface area contributed by atoms with Crippen molar-refractivity contribution in [3.05, 3.63) is 0 Å². The molecule has 0 aromatic carbocycles. The summed E-state index contributed by atoms with van der Waals surface area (Å²) < 4.78 is 0. The van der Waals surface area contributed by atoms with E-state index in [1.54, 1.807) is 6.92 Å². The summed E-state index contributed by atoms with van der Waals surface area (Å²) in [6.07, 6.45) is 2.46.